The number of hydrogen-bond donors (Lipinski definition) is 1. The monoisotopic (exact) mass is 504 g/mol. The largest absolute Gasteiger partial charge is 0.497 e. The maximum atomic E-state index is 13.6. The summed E-state index contributed by atoms with van der Waals surface area (Å²) in [5.41, 5.74) is 1.48. The molecule has 0 unspecified atom stereocenters. The van der Waals surface area contributed by atoms with Gasteiger partial charge in [0.15, 0.2) is 0 Å². The van der Waals surface area contributed by atoms with Crippen molar-refractivity contribution in [2.24, 2.45) is 0 Å². The maximum absolute atomic E-state index is 13.6. The zero-order valence-corrected chi connectivity index (χ0v) is 20.7. The van der Waals surface area contributed by atoms with E-state index in [-0.39, 0.29) is 16.3 Å². The van der Waals surface area contributed by atoms with Crippen molar-refractivity contribution in [2.75, 3.05) is 37.5 Å². The number of benzene rings is 3. The number of halogens is 1. The summed E-state index contributed by atoms with van der Waals surface area (Å²) in [5.74, 6) is 0.585. The Morgan fingerprint density at radius 1 is 0.912 bits per heavy atom. The molecule has 0 saturated heterocycles. The van der Waals surface area contributed by atoms with Gasteiger partial charge in [-0.2, -0.15) is 0 Å². The van der Waals surface area contributed by atoms with Crippen molar-refractivity contribution in [3.63, 3.8) is 0 Å². The van der Waals surface area contributed by atoms with Crippen LogP contribution in [0.25, 0.3) is 0 Å². The van der Waals surface area contributed by atoms with Gasteiger partial charge in [0.05, 0.1) is 36.9 Å². The van der Waals surface area contributed by atoms with E-state index in [0.717, 1.165) is 9.87 Å². The summed E-state index contributed by atoms with van der Waals surface area (Å²) in [5, 5.41) is 2.98. The SMILES string of the molecule is COc1ccc(N(CC(=O)Nc2ccc(OC)c(Cl)c2)S(=O)(=O)c2ccc(C)cc2)c(OC)c1. The van der Waals surface area contributed by atoms with E-state index in [4.69, 9.17) is 25.8 Å². The molecule has 0 bridgehead atoms. The second-order valence-corrected chi connectivity index (χ2v) is 9.53. The Bertz CT molecular complexity index is 1280. The predicted molar refractivity (Wildman–Crippen MR) is 132 cm³/mol. The van der Waals surface area contributed by atoms with Crippen molar-refractivity contribution in [3.8, 4) is 17.2 Å². The van der Waals surface area contributed by atoms with Crippen LogP contribution in [0.3, 0.4) is 0 Å². The molecule has 0 aliphatic rings. The average Bonchev–Trinajstić information content (AvgIpc) is 2.82. The van der Waals surface area contributed by atoms with Crippen LogP contribution >= 0.6 is 11.6 Å². The van der Waals surface area contributed by atoms with Gasteiger partial charge in [0.1, 0.15) is 23.8 Å². The molecular formula is C24H25ClN2O6S. The summed E-state index contributed by atoms with van der Waals surface area (Å²) in [7, 11) is 0.258. The number of anilines is 2. The summed E-state index contributed by atoms with van der Waals surface area (Å²) in [4.78, 5) is 13.0. The molecule has 0 radical (unpaired) electrons. The van der Waals surface area contributed by atoms with Crippen LogP contribution in [0.4, 0.5) is 11.4 Å². The minimum Gasteiger partial charge on any atom is -0.497 e. The third-order valence-electron chi connectivity index (χ3n) is 4.99. The smallest absolute Gasteiger partial charge is 0.264 e. The summed E-state index contributed by atoms with van der Waals surface area (Å²) < 4.78 is 44.0. The Labute approximate surface area is 204 Å². The number of ether oxygens (including phenoxy) is 3. The minimum atomic E-state index is -4.12. The molecule has 3 rings (SSSR count). The molecule has 34 heavy (non-hydrogen) atoms. The van der Waals surface area contributed by atoms with E-state index in [1.165, 1.54) is 45.6 Å². The molecule has 0 heterocycles. The second-order valence-electron chi connectivity index (χ2n) is 7.26. The van der Waals surface area contributed by atoms with Crippen molar-refractivity contribution < 1.29 is 27.4 Å². The molecule has 1 amide bonds. The molecule has 0 aliphatic heterocycles. The van der Waals surface area contributed by atoms with Gasteiger partial charge in [-0.3, -0.25) is 9.10 Å². The fourth-order valence-corrected chi connectivity index (χ4v) is 4.89. The summed E-state index contributed by atoms with van der Waals surface area (Å²) in [6.45, 7) is 1.34. The van der Waals surface area contributed by atoms with Crippen LogP contribution in [0.5, 0.6) is 17.2 Å². The molecule has 3 aromatic rings. The van der Waals surface area contributed by atoms with Crippen LogP contribution in [0.1, 0.15) is 5.56 Å². The van der Waals surface area contributed by atoms with Crippen LogP contribution in [-0.4, -0.2) is 42.2 Å². The van der Waals surface area contributed by atoms with Gasteiger partial charge in [0, 0.05) is 11.8 Å². The van der Waals surface area contributed by atoms with E-state index in [2.05, 4.69) is 5.32 Å². The number of rotatable bonds is 9. The Morgan fingerprint density at radius 3 is 2.18 bits per heavy atom. The molecule has 8 nitrogen and oxygen atoms in total. The van der Waals surface area contributed by atoms with Crippen molar-refractivity contribution in [1.29, 1.82) is 0 Å². The van der Waals surface area contributed by atoms with Gasteiger partial charge in [-0.1, -0.05) is 29.3 Å². The maximum Gasteiger partial charge on any atom is 0.264 e. The lowest BCUT2D eigenvalue weighted by Crippen LogP contribution is -2.38. The first-order valence-electron chi connectivity index (χ1n) is 10.1. The van der Waals surface area contributed by atoms with Gasteiger partial charge >= 0.3 is 0 Å². The lowest BCUT2D eigenvalue weighted by molar-refractivity contribution is -0.114. The number of hydrogen-bond acceptors (Lipinski definition) is 6. The summed E-state index contributed by atoms with van der Waals surface area (Å²) in [6.07, 6.45) is 0. The summed E-state index contributed by atoms with van der Waals surface area (Å²) >= 11 is 6.14. The van der Waals surface area contributed by atoms with Crippen LogP contribution in [0.15, 0.2) is 65.6 Å². The first-order valence-corrected chi connectivity index (χ1v) is 12.0. The molecular weight excluding hydrogens is 480 g/mol. The van der Waals surface area contributed by atoms with Gasteiger partial charge in [0.2, 0.25) is 5.91 Å². The lowest BCUT2D eigenvalue weighted by Gasteiger charge is -2.26. The van der Waals surface area contributed by atoms with Crippen LogP contribution in [-0.2, 0) is 14.8 Å². The van der Waals surface area contributed by atoms with Crippen molar-refractivity contribution in [2.45, 2.75) is 11.8 Å². The number of methoxy groups -OCH3 is 3. The van der Waals surface area contributed by atoms with Crippen molar-refractivity contribution >= 4 is 38.9 Å². The first-order chi connectivity index (χ1) is 16.2. The Kier molecular flexibility index (Phi) is 7.90. The molecule has 1 N–H and O–H groups in total. The number of carbonyl (C=O) groups is 1. The standard InChI is InChI=1S/C24H25ClN2O6S/c1-16-5-9-19(10-6-16)34(29,30)27(21-11-8-18(31-2)14-23(21)33-4)15-24(28)26-17-7-12-22(32-3)20(25)13-17/h5-14H,15H2,1-4H3,(H,26,28). The molecule has 0 saturated carbocycles. The molecule has 0 fully saturated rings. The van der Waals surface area contributed by atoms with Crippen molar-refractivity contribution in [1.82, 2.24) is 0 Å². The highest BCUT2D eigenvalue weighted by Crippen LogP contribution is 2.35. The Morgan fingerprint density at radius 2 is 1.59 bits per heavy atom. The van der Waals surface area contributed by atoms with E-state index in [1.54, 1.807) is 36.4 Å². The van der Waals surface area contributed by atoms with Gasteiger partial charge < -0.3 is 19.5 Å². The highest BCUT2D eigenvalue weighted by molar-refractivity contribution is 7.92. The Balaban J connectivity index is 2.00. The third-order valence-corrected chi connectivity index (χ3v) is 7.06. The van der Waals surface area contributed by atoms with Crippen molar-refractivity contribution in [3.05, 3.63) is 71.2 Å². The molecule has 3 aromatic carbocycles. The molecule has 10 heteroatoms. The van der Waals surface area contributed by atoms with Crippen LogP contribution in [0, 0.1) is 6.92 Å². The van der Waals surface area contributed by atoms with Gasteiger partial charge in [-0.25, -0.2) is 8.42 Å². The predicted octanol–water partition coefficient (Wildman–Crippen LogP) is 4.51. The van der Waals surface area contributed by atoms with E-state index in [9.17, 15) is 13.2 Å². The topological polar surface area (TPSA) is 94.2 Å². The summed E-state index contributed by atoms with van der Waals surface area (Å²) in [6, 6.07) is 15.8. The Hall–Kier alpha value is -3.43. The molecule has 0 atom stereocenters. The number of nitrogens with zero attached hydrogens (tertiary/aromatic N) is 1. The number of nitrogens with one attached hydrogen (secondary N) is 1. The molecule has 0 aromatic heterocycles. The highest BCUT2D eigenvalue weighted by Gasteiger charge is 2.30. The third kappa shape index (κ3) is 5.55. The van der Waals surface area contributed by atoms with Gasteiger partial charge in [-0.15, -0.1) is 0 Å². The average molecular weight is 505 g/mol. The number of amides is 1. The highest BCUT2D eigenvalue weighted by atomic mass is 35.5. The van der Waals surface area contributed by atoms with Crippen LogP contribution < -0.4 is 23.8 Å². The zero-order chi connectivity index (χ0) is 24.9. The fourth-order valence-electron chi connectivity index (χ4n) is 3.20. The first kappa shape index (κ1) is 25.2. The second kappa shape index (κ2) is 10.7. The molecule has 0 spiro atoms. The van der Waals surface area contributed by atoms with Gasteiger partial charge in [-0.05, 0) is 49.4 Å². The van der Waals surface area contributed by atoms with E-state index in [1.807, 2.05) is 6.92 Å². The van der Waals surface area contributed by atoms with E-state index < -0.39 is 22.5 Å². The molecule has 0 aliphatic carbocycles. The lowest BCUT2D eigenvalue weighted by atomic mass is 10.2. The van der Waals surface area contributed by atoms with Gasteiger partial charge in [0.25, 0.3) is 10.0 Å². The van der Waals surface area contributed by atoms with Crippen LogP contribution in [0.2, 0.25) is 5.02 Å². The fraction of sp³-hybridized carbons (Fsp3) is 0.208. The van der Waals surface area contributed by atoms with E-state index >= 15 is 0 Å². The molecule has 180 valence electrons. The normalized spacial score (nSPS) is 11.0. The number of aryl methyl sites for hydroxylation is 1. The van der Waals surface area contributed by atoms with E-state index in [0.29, 0.717) is 22.2 Å². The quantitative estimate of drug-likeness (QED) is 0.461. The zero-order valence-electron chi connectivity index (χ0n) is 19.2. The minimum absolute atomic E-state index is 0.0382. The number of carbonyl (C=O) groups excluding carboxylic acids is 1. The number of sulfonamides is 1.